The smallest absolute Gasteiger partial charge is 0.180 e. The molecule has 0 atom stereocenters. The van der Waals surface area contributed by atoms with Crippen LogP contribution in [0.3, 0.4) is 0 Å². The number of aromatic nitrogens is 3. The summed E-state index contributed by atoms with van der Waals surface area (Å²) in [5, 5.41) is 16.0. The third-order valence-corrected chi connectivity index (χ3v) is 3.38. The Morgan fingerprint density at radius 2 is 2.32 bits per heavy atom. The normalized spacial score (nSPS) is 22.2. The third-order valence-electron chi connectivity index (χ3n) is 3.38. The fourth-order valence-corrected chi connectivity index (χ4v) is 2.27. The minimum atomic E-state index is -0.172. The number of imidazole rings is 1. The van der Waals surface area contributed by atoms with E-state index in [4.69, 9.17) is 0 Å². The van der Waals surface area contributed by atoms with Crippen molar-refractivity contribution in [2.75, 3.05) is 17.2 Å². The molecule has 0 aliphatic heterocycles. The van der Waals surface area contributed by atoms with Gasteiger partial charge < -0.3 is 20.1 Å². The summed E-state index contributed by atoms with van der Waals surface area (Å²) < 4.78 is 1.96. The number of nitrogens with zero attached hydrogens (tertiary/aromatic N) is 3. The zero-order valence-electron chi connectivity index (χ0n) is 11.0. The molecule has 0 bridgehead atoms. The topological polar surface area (TPSA) is 74.5 Å². The van der Waals surface area contributed by atoms with Gasteiger partial charge in [-0.2, -0.15) is 0 Å². The highest BCUT2D eigenvalue weighted by Crippen LogP contribution is 2.25. The van der Waals surface area contributed by atoms with Crippen molar-refractivity contribution in [1.29, 1.82) is 0 Å². The molecule has 0 unspecified atom stereocenters. The fraction of sp³-hybridized carbons (Fsp3) is 0.538. The molecule has 1 saturated carbocycles. The van der Waals surface area contributed by atoms with E-state index in [0.29, 0.717) is 6.04 Å². The molecule has 0 saturated heterocycles. The number of fused-ring (bicyclic) bond motifs is 1. The maximum Gasteiger partial charge on any atom is 0.180 e. The monoisotopic (exact) mass is 261 g/mol. The third kappa shape index (κ3) is 2.49. The SMILES string of the molecule is CCCNc1cn2ccnc2c(NC2CC(O)C2)n1. The summed E-state index contributed by atoms with van der Waals surface area (Å²) in [5.74, 6) is 1.62. The van der Waals surface area contributed by atoms with Crippen LogP contribution in [-0.4, -0.2) is 38.2 Å². The number of nitrogens with one attached hydrogen (secondary N) is 2. The van der Waals surface area contributed by atoms with Crippen molar-refractivity contribution >= 4 is 17.3 Å². The summed E-state index contributed by atoms with van der Waals surface area (Å²) in [6.45, 7) is 3.02. The number of rotatable bonds is 5. The van der Waals surface area contributed by atoms with E-state index in [-0.39, 0.29) is 6.10 Å². The van der Waals surface area contributed by atoms with Gasteiger partial charge in [-0.15, -0.1) is 0 Å². The van der Waals surface area contributed by atoms with Crippen LogP contribution in [0, 0.1) is 0 Å². The Labute approximate surface area is 111 Å². The van der Waals surface area contributed by atoms with E-state index >= 15 is 0 Å². The van der Waals surface area contributed by atoms with Crippen molar-refractivity contribution in [2.45, 2.75) is 38.3 Å². The van der Waals surface area contributed by atoms with Crippen LogP contribution in [-0.2, 0) is 0 Å². The molecular formula is C13H19N5O. The molecule has 2 aromatic heterocycles. The second-order valence-corrected chi connectivity index (χ2v) is 5.03. The predicted octanol–water partition coefficient (Wildman–Crippen LogP) is 1.49. The quantitative estimate of drug-likeness (QED) is 0.760. The number of hydrogen-bond acceptors (Lipinski definition) is 5. The summed E-state index contributed by atoms with van der Waals surface area (Å²) in [7, 11) is 0. The van der Waals surface area contributed by atoms with Crippen molar-refractivity contribution in [1.82, 2.24) is 14.4 Å². The van der Waals surface area contributed by atoms with Crippen molar-refractivity contribution in [3.8, 4) is 0 Å². The molecule has 0 amide bonds. The van der Waals surface area contributed by atoms with Crippen molar-refractivity contribution < 1.29 is 5.11 Å². The molecule has 2 heterocycles. The Bertz CT molecular complexity index is 561. The van der Waals surface area contributed by atoms with Crippen LogP contribution >= 0.6 is 0 Å². The van der Waals surface area contributed by atoms with E-state index in [0.717, 1.165) is 43.1 Å². The lowest BCUT2D eigenvalue weighted by molar-refractivity contribution is 0.0836. The van der Waals surface area contributed by atoms with E-state index in [1.165, 1.54) is 0 Å². The Morgan fingerprint density at radius 3 is 3.05 bits per heavy atom. The average Bonchev–Trinajstić information content (AvgIpc) is 2.82. The fourth-order valence-electron chi connectivity index (χ4n) is 2.27. The second-order valence-electron chi connectivity index (χ2n) is 5.03. The first kappa shape index (κ1) is 12.2. The van der Waals surface area contributed by atoms with Gasteiger partial charge in [0, 0.05) is 25.0 Å². The van der Waals surface area contributed by atoms with Crippen molar-refractivity contribution in [3.63, 3.8) is 0 Å². The van der Waals surface area contributed by atoms with E-state index < -0.39 is 0 Å². The van der Waals surface area contributed by atoms with Gasteiger partial charge in [0.1, 0.15) is 5.82 Å². The molecule has 6 heteroatoms. The molecule has 19 heavy (non-hydrogen) atoms. The zero-order chi connectivity index (χ0) is 13.2. The molecule has 102 valence electrons. The molecule has 3 N–H and O–H groups in total. The van der Waals surface area contributed by atoms with Crippen LogP contribution in [0.25, 0.3) is 5.65 Å². The Morgan fingerprint density at radius 1 is 1.47 bits per heavy atom. The van der Waals surface area contributed by atoms with Gasteiger partial charge in [0.25, 0.3) is 0 Å². The summed E-state index contributed by atoms with van der Waals surface area (Å²) in [4.78, 5) is 8.89. The van der Waals surface area contributed by atoms with Crippen LogP contribution in [0.2, 0.25) is 0 Å². The lowest BCUT2D eigenvalue weighted by atomic mass is 9.89. The van der Waals surface area contributed by atoms with Gasteiger partial charge in [0.2, 0.25) is 0 Å². The van der Waals surface area contributed by atoms with Gasteiger partial charge >= 0.3 is 0 Å². The van der Waals surface area contributed by atoms with Gasteiger partial charge in [0.05, 0.1) is 12.3 Å². The first-order valence-electron chi connectivity index (χ1n) is 6.78. The number of hydrogen-bond donors (Lipinski definition) is 3. The Hall–Kier alpha value is -1.82. The zero-order valence-corrected chi connectivity index (χ0v) is 11.0. The lowest BCUT2D eigenvalue weighted by Crippen LogP contribution is -2.39. The van der Waals surface area contributed by atoms with E-state index in [2.05, 4.69) is 27.5 Å². The van der Waals surface area contributed by atoms with E-state index in [1.54, 1.807) is 6.20 Å². The van der Waals surface area contributed by atoms with Gasteiger partial charge in [-0.05, 0) is 19.3 Å². The largest absolute Gasteiger partial charge is 0.393 e. The molecule has 1 aliphatic carbocycles. The minimum absolute atomic E-state index is 0.172. The lowest BCUT2D eigenvalue weighted by Gasteiger charge is -2.32. The first-order valence-corrected chi connectivity index (χ1v) is 6.78. The average molecular weight is 261 g/mol. The van der Waals surface area contributed by atoms with Crippen LogP contribution in [0.15, 0.2) is 18.6 Å². The van der Waals surface area contributed by atoms with Crippen molar-refractivity contribution in [3.05, 3.63) is 18.6 Å². The highest BCUT2D eigenvalue weighted by Gasteiger charge is 2.28. The molecule has 6 nitrogen and oxygen atoms in total. The van der Waals surface area contributed by atoms with Gasteiger partial charge in [-0.3, -0.25) is 0 Å². The Balaban J connectivity index is 1.85. The summed E-state index contributed by atoms with van der Waals surface area (Å²) >= 11 is 0. The number of anilines is 2. The summed E-state index contributed by atoms with van der Waals surface area (Å²) in [6, 6.07) is 0.296. The maximum atomic E-state index is 9.35. The molecule has 3 rings (SSSR count). The minimum Gasteiger partial charge on any atom is -0.393 e. The van der Waals surface area contributed by atoms with Gasteiger partial charge in [0.15, 0.2) is 11.5 Å². The van der Waals surface area contributed by atoms with Crippen LogP contribution in [0.5, 0.6) is 0 Å². The van der Waals surface area contributed by atoms with Crippen LogP contribution in [0.1, 0.15) is 26.2 Å². The van der Waals surface area contributed by atoms with Gasteiger partial charge in [-0.25, -0.2) is 9.97 Å². The number of aliphatic hydroxyl groups excluding tert-OH is 1. The summed E-state index contributed by atoms with van der Waals surface area (Å²) in [6.07, 6.45) is 8.06. The predicted molar refractivity (Wildman–Crippen MR) is 74.4 cm³/mol. The van der Waals surface area contributed by atoms with Crippen LogP contribution < -0.4 is 10.6 Å². The second kappa shape index (κ2) is 5.05. The first-order chi connectivity index (χ1) is 9.26. The molecule has 1 fully saturated rings. The molecule has 1 aliphatic rings. The molecular weight excluding hydrogens is 242 g/mol. The van der Waals surface area contributed by atoms with E-state index in [9.17, 15) is 5.11 Å². The van der Waals surface area contributed by atoms with Crippen molar-refractivity contribution in [2.24, 2.45) is 0 Å². The highest BCUT2D eigenvalue weighted by molar-refractivity contribution is 5.65. The number of aliphatic hydroxyl groups is 1. The maximum absolute atomic E-state index is 9.35. The molecule has 0 aromatic carbocycles. The van der Waals surface area contributed by atoms with Crippen LogP contribution in [0.4, 0.5) is 11.6 Å². The summed E-state index contributed by atoms with van der Waals surface area (Å²) in [5.41, 5.74) is 0.823. The molecule has 2 aromatic rings. The van der Waals surface area contributed by atoms with Gasteiger partial charge in [-0.1, -0.05) is 6.92 Å². The van der Waals surface area contributed by atoms with E-state index in [1.807, 2.05) is 16.8 Å². The highest BCUT2D eigenvalue weighted by atomic mass is 16.3. The molecule has 0 radical (unpaired) electrons. The Kier molecular flexibility index (Phi) is 3.25. The standard InChI is InChI=1S/C13H19N5O/c1-2-3-14-11-8-18-5-4-15-13(18)12(17-11)16-9-6-10(19)7-9/h4-5,8-10,14,19H,2-3,6-7H2,1H3,(H,16,17). The molecule has 0 spiro atoms.